The molecule has 0 atom stereocenters. The van der Waals surface area contributed by atoms with Crippen molar-refractivity contribution in [1.82, 2.24) is 14.2 Å². The number of methoxy groups -OCH3 is 1. The second-order valence-electron chi connectivity index (χ2n) is 6.19. The van der Waals surface area contributed by atoms with Crippen molar-refractivity contribution in [3.8, 4) is 5.75 Å². The first-order chi connectivity index (χ1) is 11.9. The van der Waals surface area contributed by atoms with Gasteiger partial charge in [0.2, 0.25) is 10.0 Å². The van der Waals surface area contributed by atoms with Crippen LogP contribution in [0, 0.1) is 0 Å². The van der Waals surface area contributed by atoms with E-state index in [1.165, 1.54) is 4.31 Å². The van der Waals surface area contributed by atoms with E-state index in [0.29, 0.717) is 18.8 Å². The molecular formula is C17H23N3O4S. The number of amides is 1. The molecule has 25 heavy (non-hydrogen) atoms. The molecule has 1 aliphatic rings. The fourth-order valence-electron chi connectivity index (χ4n) is 3.13. The monoisotopic (exact) mass is 365 g/mol. The maximum Gasteiger partial charge on any atom is 0.267 e. The number of carbonyl (C=O) groups excluding carboxylic acids is 1. The number of carbonyl (C=O) groups is 1. The third kappa shape index (κ3) is 3.64. The Morgan fingerprint density at radius 3 is 2.64 bits per heavy atom. The van der Waals surface area contributed by atoms with Crippen LogP contribution in [0.1, 0.15) is 23.3 Å². The molecule has 2 aromatic rings. The minimum atomic E-state index is -3.29. The SMILES string of the molecule is COc1ccc2cc(C(=O)NCCS(=O)(=O)N3CCCC3)n(C)c2c1. The van der Waals surface area contributed by atoms with Crippen molar-refractivity contribution in [2.45, 2.75) is 12.8 Å². The molecule has 0 radical (unpaired) electrons. The van der Waals surface area contributed by atoms with Gasteiger partial charge in [-0.2, -0.15) is 0 Å². The molecule has 1 N–H and O–H groups in total. The smallest absolute Gasteiger partial charge is 0.267 e. The highest BCUT2D eigenvalue weighted by Gasteiger charge is 2.25. The van der Waals surface area contributed by atoms with E-state index < -0.39 is 10.0 Å². The van der Waals surface area contributed by atoms with Gasteiger partial charge in [0.1, 0.15) is 11.4 Å². The lowest BCUT2D eigenvalue weighted by Gasteiger charge is -2.15. The van der Waals surface area contributed by atoms with Gasteiger partial charge in [-0.15, -0.1) is 0 Å². The predicted octanol–water partition coefficient (Wildman–Crippen LogP) is 1.34. The summed E-state index contributed by atoms with van der Waals surface area (Å²) in [6.07, 6.45) is 1.82. The summed E-state index contributed by atoms with van der Waals surface area (Å²) in [6, 6.07) is 7.39. The topological polar surface area (TPSA) is 80.6 Å². The Balaban J connectivity index is 1.67. The molecule has 0 unspecified atom stereocenters. The summed E-state index contributed by atoms with van der Waals surface area (Å²) in [6.45, 7) is 1.27. The Hall–Kier alpha value is -2.06. The summed E-state index contributed by atoms with van der Waals surface area (Å²) in [7, 11) is 0.113. The molecule has 1 saturated heterocycles. The van der Waals surface area contributed by atoms with Crippen LogP contribution in [0.4, 0.5) is 0 Å². The van der Waals surface area contributed by atoms with Crippen molar-refractivity contribution in [3.05, 3.63) is 30.0 Å². The number of nitrogens with one attached hydrogen (secondary N) is 1. The third-order valence-electron chi connectivity index (χ3n) is 4.59. The standard InChI is InChI=1S/C17H23N3O4S/c1-19-15-12-14(24-2)6-5-13(15)11-16(19)17(21)18-7-10-25(22,23)20-8-3-4-9-20/h5-6,11-12H,3-4,7-10H2,1-2H3,(H,18,21). The average Bonchev–Trinajstić information content (AvgIpc) is 3.23. The van der Waals surface area contributed by atoms with E-state index in [1.807, 2.05) is 18.2 Å². The first kappa shape index (κ1) is 17.8. The van der Waals surface area contributed by atoms with E-state index >= 15 is 0 Å². The zero-order valence-electron chi connectivity index (χ0n) is 14.5. The van der Waals surface area contributed by atoms with E-state index in [2.05, 4.69) is 5.32 Å². The van der Waals surface area contributed by atoms with Gasteiger partial charge in [-0.3, -0.25) is 4.79 Å². The molecular weight excluding hydrogens is 342 g/mol. The summed E-state index contributed by atoms with van der Waals surface area (Å²) in [5, 5.41) is 3.64. The highest BCUT2D eigenvalue weighted by atomic mass is 32.2. The van der Waals surface area contributed by atoms with Crippen LogP contribution in [0.2, 0.25) is 0 Å². The molecule has 1 aromatic carbocycles. The minimum absolute atomic E-state index is 0.0729. The summed E-state index contributed by atoms with van der Waals surface area (Å²) in [5.74, 6) is 0.364. The molecule has 1 aromatic heterocycles. The summed E-state index contributed by atoms with van der Waals surface area (Å²) < 4.78 is 32.9. The molecule has 1 fully saturated rings. The summed E-state index contributed by atoms with van der Waals surface area (Å²) >= 11 is 0. The Kier molecular flexibility index (Phi) is 5.01. The zero-order valence-corrected chi connectivity index (χ0v) is 15.3. The highest BCUT2D eigenvalue weighted by molar-refractivity contribution is 7.89. The van der Waals surface area contributed by atoms with Gasteiger partial charge in [-0.05, 0) is 31.0 Å². The van der Waals surface area contributed by atoms with Gasteiger partial charge in [-0.1, -0.05) is 0 Å². The van der Waals surface area contributed by atoms with Crippen molar-refractivity contribution in [3.63, 3.8) is 0 Å². The third-order valence-corrected chi connectivity index (χ3v) is 6.46. The van der Waals surface area contributed by atoms with Crippen LogP contribution in [0.5, 0.6) is 5.75 Å². The lowest BCUT2D eigenvalue weighted by Crippen LogP contribution is -2.36. The highest BCUT2D eigenvalue weighted by Crippen LogP contribution is 2.23. The number of ether oxygens (including phenoxy) is 1. The molecule has 1 aliphatic heterocycles. The van der Waals surface area contributed by atoms with Gasteiger partial charge in [0.15, 0.2) is 0 Å². The van der Waals surface area contributed by atoms with Crippen molar-refractivity contribution in [2.75, 3.05) is 32.5 Å². The quantitative estimate of drug-likeness (QED) is 0.838. The van der Waals surface area contributed by atoms with Crippen molar-refractivity contribution in [2.24, 2.45) is 7.05 Å². The van der Waals surface area contributed by atoms with E-state index in [9.17, 15) is 13.2 Å². The van der Waals surface area contributed by atoms with Crippen molar-refractivity contribution in [1.29, 1.82) is 0 Å². The molecule has 0 saturated carbocycles. The van der Waals surface area contributed by atoms with E-state index in [4.69, 9.17) is 4.74 Å². The summed E-state index contributed by atoms with van der Waals surface area (Å²) in [5.41, 5.74) is 1.37. The average molecular weight is 365 g/mol. The predicted molar refractivity (Wildman–Crippen MR) is 96.4 cm³/mol. The van der Waals surface area contributed by atoms with E-state index in [1.54, 1.807) is 24.8 Å². The number of benzene rings is 1. The van der Waals surface area contributed by atoms with Crippen LogP contribution in [0.25, 0.3) is 10.9 Å². The molecule has 2 heterocycles. The van der Waals surface area contributed by atoms with Crippen LogP contribution in [-0.4, -0.2) is 55.7 Å². The number of rotatable bonds is 6. The Bertz CT molecular complexity index is 883. The van der Waals surface area contributed by atoms with Crippen molar-refractivity contribution >= 4 is 26.8 Å². The minimum Gasteiger partial charge on any atom is -0.497 e. The number of hydrogen-bond acceptors (Lipinski definition) is 4. The second-order valence-corrected chi connectivity index (χ2v) is 8.28. The number of nitrogens with zero attached hydrogens (tertiary/aromatic N) is 2. The van der Waals surface area contributed by atoms with Gasteiger partial charge in [-0.25, -0.2) is 12.7 Å². The number of fused-ring (bicyclic) bond motifs is 1. The van der Waals surface area contributed by atoms with Crippen LogP contribution in [0.3, 0.4) is 0 Å². The lowest BCUT2D eigenvalue weighted by molar-refractivity contribution is 0.0948. The maximum atomic E-state index is 12.4. The van der Waals surface area contributed by atoms with Crippen LogP contribution in [0.15, 0.2) is 24.3 Å². The van der Waals surface area contributed by atoms with Gasteiger partial charge in [0.05, 0.1) is 18.4 Å². The molecule has 0 bridgehead atoms. The Labute approximate surface area is 147 Å². The molecule has 0 spiro atoms. The lowest BCUT2D eigenvalue weighted by atomic mass is 10.2. The largest absolute Gasteiger partial charge is 0.497 e. The normalized spacial score (nSPS) is 15.6. The van der Waals surface area contributed by atoms with Gasteiger partial charge in [0, 0.05) is 38.1 Å². The van der Waals surface area contributed by atoms with Gasteiger partial charge < -0.3 is 14.6 Å². The van der Waals surface area contributed by atoms with Crippen LogP contribution < -0.4 is 10.1 Å². The fraction of sp³-hybridized carbons (Fsp3) is 0.471. The van der Waals surface area contributed by atoms with Crippen molar-refractivity contribution < 1.29 is 17.9 Å². The fourth-order valence-corrected chi connectivity index (χ4v) is 4.57. The number of sulfonamides is 1. The molecule has 7 nitrogen and oxygen atoms in total. The van der Waals surface area contributed by atoms with E-state index in [0.717, 1.165) is 29.5 Å². The maximum absolute atomic E-state index is 12.4. The zero-order chi connectivity index (χ0) is 18.0. The number of aryl methyl sites for hydroxylation is 1. The Morgan fingerprint density at radius 2 is 1.96 bits per heavy atom. The van der Waals surface area contributed by atoms with E-state index in [-0.39, 0.29) is 18.2 Å². The van der Waals surface area contributed by atoms with Gasteiger partial charge in [0.25, 0.3) is 5.91 Å². The van der Waals surface area contributed by atoms with Crippen LogP contribution in [-0.2, 0) is 17.1 Å². The van der Waals surface area contributed by atoms with Crippen LogP contribution >= 0.6 is 0 Å². The molecule has 1 amide bonds. The second kappa shape index (κ2) is 7.05. The number of aromatic nitrogens is 1. The first-order valence-electron chi connectivity index (χ1n) is 8.32. The molecule has 8 heteroatoms. The molecule has 3 rings (SSSR count). The molecule has 136 valence electrons. The number of hydrogen-bond donors (Lipinski definition) is 1. The molecule has 0 aliphatic carbocycles. The first-order valence-corrected chi connectivity index (χ1v) is 9.93. The summed E-state index contributed by atoms with van der Waals surface area (Å²) in [4.78, 5) is 12.4. The Morgan fingerprint density at radius 1 is 1.24 bits per heavy atom. The van der Waals surface area contributed by atoms with Gasteiger partial charge >= 0.3 is 0 Å².